The summed E-state index contributed by atoms with van der Waals surface area (Å²) in [6.07, 6.45) is -4.20. The van der Waals surface area contributed by atoms with E-state index in [0.717, 1.165) is 11.6 Å². The van der Waals surface area contributed by atoms with Crippen molar-refractivity contribution in [3.05, 3.63) is 65.5 Å². The van der Waals surface area contributed by atoms with Gasteiger partial charge in [-0.25, -0.2) is 4.39 Å². The predicted molar refractivity (Wildman–Crippen MR) is 74.8 cm³/mol. The van der Waals surface area contributed by atoms with Crippen molar-refractivity contribution in [1.82, 2.24) is 0 Å². The fourth-order valence-electron chi connectivity index (χ4n) is 1.96. The molecule has 1 N–H and O–H groups in total. The zero-order valence-corrected chi connectivity index (χ0v) is 11.5. The maximum absolute atomic E-state index is 12.8. The van der Waals surface area contributed by atoms with E-state index in [1.54, 1.807) is 0 Å². The van der Waals surface area contributed by atoms with Gasteiger partial charge >= 0.3 is 6.18 Å². The summed E-state index contributed by atoms with van der Waals surface area (Å²) < 4.78 is 51.1. The zero-order chi connectivity index (χ0) is 16.2. The predicted octanol–water partition coefficient (Wildman–Crippen LogP) is 4.42. The molecule has 0 heterocycles. The summed E-state index contributed by atoms with van der Waals surface area (Å²) in [5, 5.41) is 2.27. The molecule has 0 saturated heterocycles. The van der Waals surface area contributed by atoms with E-state index >= 15 is 0 Å². The van der Waals surface area contributed by atoms with Crippen molar-refractivity contribution in [2.45, 2.75) is 19.0 Å². The van der Waals surface area contributed by atoms with Gasteiger partial charge in [0.05, 0.1) is 11.3 Å². The molecule has 2 aromatic rings. The summed E-state index contributed by atoms with van der Waals surface area (Å²) in [5.41, 5.74) is -0.412. The van der Waals surface area contributed by atoms with Gasteiger partial charge in [-0.1, -0.05) is 24.3 Å². The Balaban J connectivity index is 1.99. The number of hydrogen-bond acceptors (Lipinski definition) is 1. The van der Waals surface area contributed by atoms with Gasteiger partial charge in [0.1, 0.15) is 5.82 Å². The van der Waals surface area contributed by atoms with Crippen molar-refractivity contribution >= 4 is 11.6 Å². The average molecular weight is 311 g/mol. The van der Waals surface area contributed by atoms with E-state index in [9.17, 15) is 22.4 Å². The maximum atomic E-state index is 12.8. The van der Waals surface area contributed by atoms with Crippen molar-refractivity contribution in [2.24, 2.45) is 0 Å². The monoisotopic (exact) mass is 311 g/mol. The first-order chi connectivity index (χ1) is 10.4. The van der Waals surface area contributed by atoms with Gasteiger partial charge in [-0.05, 0) is 36.2 Å². The summed E-state index contributed by atoms with van der Waals surface area (Å²) in [6.45, 7) is 0. The zero-order valence-electron chi connectivity index (χ0n) is 11.5. The molecule has 0 fully saturated rings. The fraction of sp³-hybridized carbons (Fsp3) is 0.188. The fourth-order valence-corrected chi connectivity index (χ4v) is 1.96. The number of halogens is 4. The summed E-state index contributed by atoms with van der Waals surface area (Å²) in [7, 11) is 0. The lowest BCUT2D eigenvalue weighted by Crippen LogP contribution is -2.16. The van der Waals surface area contributed by atoms with Crippen LogP contribution in [0.15, 0.2) is 48.5 Å². The Morgan fingerprint density at radius 2 is 1.64 bits per heavy atom. The molecule has 6 heteroatoms. The molecular formula is C16H13F4NO. The molecule has 2 nitrogen and oxygen atoms in total. The van der Waals surface area contributed by atoms with Crippen LogP contribution >= 0.6 is 0 Å². The van der Waals surface area contributed by atoms with Crippen molar-refractivity contribution in [2.75, 3.05) is 5.32 Å². The minimum Gasteiger partial charge on any atom is -0.325 e. The molecule has 0 spiro atoms. The number of anilines is 1. The Labute approximate surface area is 124 Å². The lowest BCUT2D eigenvalue weighted by atomic mass is 10.1. The number of aryl methyl sites for hydroxylation is 1. The second-order valence-electron chi connectivity index (χ2n) is 4.72. The highest BCUT2D eigenvalue weighted by molar-refractivity contribution is 5.91. The largest absolute Gasteiger partial charge is 0.418 e. The highest BCUT2D eigenvalue weighted by atomic mass is 19.4. The van der Waals surface area contributed by atoms with Crippen LogP contribution in [0.1, 0.15) is 17.5 Å². The molecule has 0 unspecified atom stereocenters. The molecule has 2 rings (SSSR count). The third-order valence-corrected chi connectivity index (χ3v) is 3.06. The summed E-state index contributed by atoms with van der Waals surface area (Å²) in [6, 6.07) is 10.4. The number of rotatable bonds is 4. The number of alkyl halides is 3. The Morgan fingerprint density at radius 3 is 2.27 bits per heavy atom. The highest BCUT2D eigenvalue weighted by Gasteiger charge is 2.33. The average Bonchev–Trinajstić information content (AvgIpc) is 2.46. The van der Waals surface area contributed by atoms with Gasteiger partial charge in [0, 0.05) is 6.42 Å². The molecule has 1 amide bonds. The van der Waals surface area contributed by atoms with E-state index in [2.05, 4.69) is 5.32 Å². The Kier molecular flexibility index (Phi) is 4.80. The normalized spacial score (nSPS) is 11.3. The van der Waals surface area contributed by atoms with Gasteiger partial charge in [0.2, 0.25) is 5.91 Å². The van der Waals surface area contributed by atoms with Gasteiger partial charge < -0.3 is 5.32 Å². The van der Waals surface area contributed by atoms with Gasteiger partial charge in [0.25, 0.3) is 0 Å². The van der Waals surface area contributed by atoms with Gasteiger partial charge in [-0.2, -0.15) is 13.2 Å². The van der Waals surface area contributed by atoms with Crippen LogP contribution in [0.4, 0.5) is 23.2 Å². The molecule has 0 radical (unpaired) electrons. The van der Waals surface area contributed by atoms with Crippen molar-refractivity contribution in [3.8, 4) is 0 Å². The van der Waals surface area contributed by atoms with E-state index < -0.39 is 17.6 Å². The number of nitrogens with one attached hydrogen (secondary N) is 1. The minimum absolute atomic E-state index is 0.0117. The number of benzene rings is 2. The second kappa shape index (κ2) is 6.60. The lowest BCUT2D eigenvalue weighted by molar-refractivity contribution is -0.137. The van der Waals surface area contributed by atoms with Crippen LogP contribution in [0.3, 0.4) is 0 Å². The topological polar surface area (TPSA) is 29.1 Å². The summed E-state index contributed by atoms with van der Waals surface area (Å²) in [5.74, 6) is -0.909. The van der Waals surface area contributed by atoms with Crippen LogP contribution in [0.5, 0.6) is 0 Å². The van der Waals surface area contributed by atoms with E-state index in [0.29, 0.717) is 6.42 Å². The second-order valence-corrected chi connectivity index (χ2v) is 4.72. The summed E-state index contributed by atoms with van der Waals surface area (Å²) in [4.78, 5) is 11.8. The molecule has 0 aromatic heterocycles. The van der Waals surface area contributed by atoms with Gasteiger partial charge in [-0.15, -0.1) is 0 Å². The van der Waals surface area contributed by atoms with Crippen molar-refractivity contribution < 1.29 is 22.4 Å². The lowest BCUT2D eigenvalue weighted by Gasteiger charge is -2.13. The van der Waals surface area contributed by atoms with E-state index in [1.807, 2.05) is 0 Å². The van der Waals surface area contributed by atoms with E-state index in [1.165, 1.54) is 42.5 Å². The van der Waals surface area contributed by atoms with E-state index in [4.69, 9.17) is 0 Å². The third kappa shape index (κ3) is 4.31. The Hall–Kier alpha value is -2.37. The van der Waals surface area contributed by atoms with Crippen LogP contribution in [-0.2, 0) is 17.4 Å². The molecule has 116 valence electrons. The number of carbonyl (C=O) groups excluding carboxylic acids is 1. The minimum atomic E-state index is -4.53. The van der Waals surface area contributed by atoms with Crippen LogP contribution in [-0.4, -0.2) is 5.91 Å². The van der Waals surface area contributed by atoms with Crippen molar-refractivity contribution in [1.29, 1.82) is 0 Å². The van der Waals surface area contributed by atoms with Crippen molar-refractivity contribution in [3.63, 3.8) is 0 Å². The Bertz CT molecular complexity index is 650. The number of para-hydroxylation sites is 1. The Morgan fingerprint density at radius 1 is 1.00 bits per heavy atom. The first-order valence-electron chi connectivity index (χ1n) is 6.57. The molecule has 2 aromatic carbocycles. The summed E-state index contributed by atoms with van der Waals surface area (Å²) >= 11 is 0. The first kappa shape index (κ1) is 16.0. The number of hydrogen-bond donors (Lipinski definition) is 1. The third-order valence-electron chi connectivity index (χ3n) is 3.06. The maximum Gasteiger partial charge on any atom is 0.418 e. The van der Waals surface area contributed by atoms with Crippen LogP contribution < -0.4 is 5.32 Å². The first-order valence-corrected chi connectivity index (χ1v) is 6.57. The standard InChI is InChI=1S/C16H13F4NO/c17-12-8-5-11(6-9-12)7-10-15(22)21-14-4-2-1-3-13(14)16(18,19)20/h1-6,8-9H,7,10H2,(H,21,22). The van der Waals surface area contributed by atoms with Gasteiger partial charge in [-0.3, -0.25) is 4.79 Å². The molecule has 0 aliphatic carbocycles. The van der Waals surface area contributed by atoms with Crippen LogP contribution in [0.25, 0.3) is 0 Å². The number of carbonyl (C=O) groups is 1. The SMILES string of the molecule is O=C(CCc1ccc(F)cc1)Nc1ccccc1C(F)(F)F. The highest BCUT2D eigenvalue weighted by Crippen LogP contribution is 2.34. The van der Waals surface area contributed by atoms with Crippen LogP contribution in [0, 0.1) is 5.82 Å². The number of amides is 1. The smallest absolute Gasteiger partial charge is 0.325 e. The molecule has 0 saturated carbocycles. The molecule has 0 aliphatic heterocycles. The molecule has 0 aliphatic rings. The van der Waals surface area contributed by atoms with E-state index in [-0.39, 0.29) is 17.9 Å². The molecule has 0 bridgehead atoms. The quantitative estimate of drug-likeness (QED) is 0.832. The van der Waals surface area contributed by atoms with Crippen LogP contribution in [0.2, 0.25) is 0 Å². The van der Waals surface area contributed by atoms with Gasteiger partial charge in [0.15, 0.2) is 0 Å². The molecule has 0 atom stereocenters. The molecular weight excluding hydrogens is 298 g/mol. The molecule has 22 heavy (non-hydrogen) atoms.